The number of thioether (sulfide) groups is 1. The fraction of sp³-hybridized carbons (Fsp3) is 1.00. The lowest BCUT2D eigenvalue weighted by atomic mass is 10.2. The summed E-state index contributed by atoms with van der Waals surface area (Å²) in [6.07, 6.45) is 6.02. The Kier molecular flexibility index (Phi) is 3.52. The van der Waals surface area contributed by atoms with Crippen molar-refractivity contribution in [2.24, 2.45) is 0 Å². The number of hydrogen-bond acceptors (Lipinski definition) is 3. The Bertz CT molecular complexity index is 159. The topological polar surface area (TPSA) is 32.3 Å². The zero-order valence-corrected chi connectivity index (χ0v) is 8.85. The average molecular weight is 201 g/mol. The molecule has 2 fully saturated rings. The van der Waals surface area contributed by atoms with Gasteiger partial charge in [-0.15, -0.1) is 0 Å². The van der Waals surface area contributed by atoms with Gasteiger partial charge in [0.15, 0.2) is 0 Å². The van der Waals surface area contributed by atoms with Gasteiger partial charge in [0, 0.05) is 17.8 Å². The molecule has 2 nitrogen and oxygen atoms in total. The minimum atomic E-state index is -0.0774. The summed E-state index contributed by atoms with van der Waals surface area (Å²) in [7, 11) is 0. The van der Waals surface area contributed by atoms with Crippen LogP contribution in [0, 0.1) is 0 Å². The van der Waals surface area contributed by atoms with Crippen molar-refractivity contribution in [3.63, 3.8) is 0 Å². The maximum atomic E-state index is 9.59. The molecule has 1 heterocycles. The molecule has 1 unspecified atom stereocenters. The van der Waals surface area contributed by atoms with E-state index in [2.05, 4.69) is 17.1 Å². The van der Waals surface area contributed by atoms with E-state index in [0.29, 0.717) is 6.04 Å². The average Bonchev–Trinajstić information content (AvgIpc) is 2.72. The number of aliphatic hydroxyl groups is 1. The molecule has 0 bridgehead atoms. The van der Waals surface area contributed by atoms with E-state index in [9.17, 15) is 5.11 Å². The Morgan fingerprint density at radius 2 is 2.15 bits per heavy atom. The third kappa shape index (κ3) is 2.61. The summed E-state index contributed by atoms with van der Waals surface area (Å²) in [5.74, 6) is 1.33. The molecule has 1 saturated carbocycles. The predicted octanol–water partition coefficient (Wildman–Crippen LogP) is 1.39. The van der Waals surface area contributed by atoms with Crippen molar-refractivity contribution in [3.8, 4) is 0 Å². The first-order chi connectivity index (χ1) is 6.36. The second-order valence-corrected chi connectivity index (χ2v) is 5.56. The smallest absolute Gasteiger partial charge is 0.0693 e. The van der Waals surface area contributed by atoms with E-state index in [4.69, 9.17) is 0 Å². The van der Waals surface area contributed by atoms with Gasteiger partial charge in [-0.2, -0.15) is 11.8 Å². The lowest BCUT2D eigenvalue weighted by Crippen LogP contribution is -2.38. The summed E-state index contributed by atoms with van der Waals surface area (Å²) >= 11 is 2.08. The third-order valence-corrected chi connectivity index (χ3v) is 4.51. The van der Waals surface area contributed by atoms with Crippen molar-refractivity contribution in [3.05, 3.63) is 0 Å². The summed E-state index contributed by atoms with van der Waals surface area (Å²) in [5.41, 5.74) is 0. The minimum absolute atomic E-state index is 0.0774. The summed E-state index contributed by atoms with van der Waals surface area (Å²) < 4.78 is 0. The van der Waals surface area contributed by atoms with Gasteiger partial charge in [0.1, 0.15) is 0 Å². The zero-order valence-electron chi connectivity index (χ0n) is 8.04. The van der Waals surface area contributed by atoms with Crippen molar-refractivity contribution in [2.45, 2.75) is 49.5 Å². The molecule has 0 aromatic heterocycles. The highest BCUT2D eigenvalue weighted by Crippen LogP contribution is 2.26. The Labute approximate surface area is 84.5 Å². The van der Waals surface area contributed by atoms with Gasteiger partial charge in [0.25, 0.3) is 0 Å². The molecule has 76 valence electrons. The van der Waals surface area contributed by atoms with Gasteiger partial charge in [-0.25, -0.2) is 0 Å². The summed E-state index contributed by atoms with van der Waals surface area (Å²) in [6, 6.07) is 0.390. The Balaban J connectivity index is 1.66. The van der Waals surface area contributed by atoms with Gasteiger partial charge >= 0.3 is 0 Å². The van der Waals surface area contributed by atoms with E-state index >= 15 is 0 Å². The van der Waals surface area contributed by atoms with Crippen LogP contribution in [-0.2, 0) is 0 Å². The molecule has 1 aliphatic carbocycles. The normalized spacial score (nSPS) is 39.9. The highest BCUT2D eigenvalue weighted by atomic mass is 32.2. The molecule has 1 aliphatic heterocycles. The van der Waals surface area contributed by atoms with Crippen LogP contribution in [0.4, 0.5) is 0 Å². The zero-order chi connectivity index (χ0) is 9.10. The van der Waals surface area contributed by atoms with Crippen molar-refractivity contribution in [1.29, 1.82) is 0 Å². The van der Waals surface area contributed by atoms with E-state index in [1.54, 1.807) is 0 Å². The molecule has 1 saturated heterocycles. The lowest BCUT2D eigenvalue weighted by Gasteiger charge is -2.18. The maximum absolute atomic E-state index is 9.59. The lowest BCUT2D eigenvalue weighted by molar-refractivity contribution is 0.149. The number of hydrogen-bond donors (Lipinski definition) is 2. The molecular weight excluding hydrogens is 182 g/mol. The van der Waals surface area contributed by atoms with E-state index in [1.165, 1.54) is 31.4 Å². The summed E-state index contributed by atoms with van der Waals surface area (Å²) in [5, 5.41) is 13.9. The van der Waals surface area contributed by atoms with Gasteiger partial charge in [-0.1, -0.05) is 0 Å². The second kappa shape index (κ2) is 4.67. The third-order valence-electron chi connectivity index (χ3n) is 3.11. The molecule has 0 radical (unpaired) electrons. The van der Waals surface area contributed by atoms with Crippen LogP contribution in [-0.4, -0.2) is 34.8 Å². The van der Waals surface area contributed by atoms with Crippen LogP contribution in [0.25, 0.3) is 0 Å². The molecular formula is C10H19NOS. The summed E-state index contributed by atoms with van der Waals surface area (Å²) in [4.78, 5) is 0. The van der Waals surface area contributed by atoms with Crippen molar-refractivity contribution >= 4 is 11.8 Å². The quantitative estimate of drug-likeness (QED) is 0.723. The highest BCUT2D eigenvalue weighted by Gasteiger charge is 2.25. The standard InChI is InChI=1S/C10H19NOS/c12-10-5-1-4-9(10)11-7-8-3-2-6-13-8/h8-12H,1-7H2/t8?,9-,10-/m1/s1. The van der Waals surface area contributed by atoms with Crippen LogP contribution in [0.3, 0.4) is 0 Å². The monoisotopic (exact) mass is 201 g/mol. The Morgan fingerprint density at radius 3 is 2.77 bits per heavy atom. The molecule has 2 rings (SSSR count). The van der Waals surface area contributed by atoms with Gasteiger partial charge < -0.3 is 10.4 Å². The molecule has 0 spiro atoms. The molecule has 0 aromatic carbocycles. The van der Waals surface area contributed by atoms with Crippen LogP contribution in [0.1, 0.15) is 32.1 Å². The fourth-order valence-electron chi connectivity index (χ4n) is 2.27. The first kappa shape index (κ1) is 9.81. The Hall–Kier alpha value is 0.270. The van der Waals surface area contributed by atoms with Crippen LogP contribution in [0.2, 0.25) is 0 Å². The van der Waals surface area contributed by atoms with Gasteiger partial charge in [-0.3, -0.25) is 0 Å². The molecule has 3 atom stereocenters. The molecule has 13 heavy (non-hydrogen) atoms. The van der Waals surface area contributed by atoms with Crippen LogP contribution >= 0.6 is 11.8 Å². The molecule has 0 aromatic rings. The minimum Gasteiger partial charge on any atom is -0.392 e. The molecule has 0 amide bonds. The Morgan fingerprint density at radius 1 is 1.23 bits per heavy atom. The van der Waals surface area contributed by atoms with Gasteiger partial charge in [-0.05, 0) is 37.9 Å². The number of nitrogens with one attached hydrogen (secondary N) is 1. The van der Waals surface area contributed by atoms with E-state index < -0.39 is 0 Å². The SMILES string of the molecule is O[C@@H]1CCC[C@H]1NCC1CCCS1. The predicted molar refractivity (Wildman–Crippen MR) is 57.1 cm³/mol. The number of rotatable bonds is 3. The van der Waals surface area contributed by atoms with E-state index in [1.807, 2.05) is 0 Å². The molecule has 2 aliphatic rings. The van der Waals surface area contributed by atoms with Crippen LogP contribution in [0.5, 0.6) is 0 Å². The number of aliphatic hydroxyl groups excluding tert-OH is 1. The fourth-order valence-corrected chi connectivity index (χ4v) is 3.48. The van der Waals surface area contributed by atoms with E-state index in [-0.39, 0.29) is 6.10 Å². The van der Waals surface area contributed by atoms with Crippen molar-refractivity contribution in [2.75, 3.05) is 12.3 Å². The van der Waals surface area contributed by atoms with Crippen LogP contribution < -0.4 is 5.32 Å². The van der Waals surface area contributed by atoms with Crippen molar-refractivity contribution in [1.82, 2.24) is 5.32 Å². The maximum Gasteiger partial charge on any atom is 0.0693 e. The van der Waals surface area contributed by atoms with Crippen molar-refractivity contribution < 1.29 is 5.11 Å². The van der Waals surface area contributed by atoms with E-state index in [0.717, 1.165) is 18.2 Å². The van der Waals surface area contributed by atoms with Crippen LogP contribution in [0.15, 0.2) is 0 Å². The summed E-state index contributed by atoms with van der Waals surface area (Å²) in [6.45, 7) is 1.10. The largest absolute Gasteiger partial charge is 0.392 e. The first-order valence-corrected chi connectivity index (χ1v) is 6.44. The molecule has 2 N–H and O–H groups in total. The molecule has 3 heteroatoms. The van der Waals surface area contributed by atoms with Gasteiger partial charge in [0.2, 0.25) is 0 Å². The van der Waals surface area contributed by atoms with Gasteiger partial charge in [0.05, 0.1) is 6.10 Å². The first-order valence-electron chi connectivity index (χ1n) is 5.39. The highest BCUT2D eigenvalue weighted by molar-refractivity contribution is 8.00. The second-order valence-electron chi connectivity index (χ2n) is 4.15.